The van der Waals surface area contributed by atoms with E-state index in [4.69, 9.17) is 0 Å². The molecule has 0 unspecified atom stereocenters. The Balaban J connectivity index is 1.78. The molecule has 1 N–H and O–H groups in total. The molecule has 21 heavy (non-hydrogen) atoms. The first-order valence-corrected chi connectivity index (χ1v) is 7.87. The van der Waals surface area contributed by atoms with Crippen molar-refractivity contribution in [2.75, 3.05) is 0 Å². The maximum Gasteiger partial charge on any atom is 0.0546 e. The summed E-state index contributed by atoms with van der Waals surface area (Å²) in [6, 6.07) is 4.70. The molecule has 1 aliphatic rings. The normalized spacial score (nSPS) is 18.8. The summed E-state index contributed by atoms with van der Waals surface area (Å²) in [6.45, 7) is 7.58. The third kappa shape index (κ3) is 2.77. The van der Waals surface area contributed by atoms with Crippen molar-refractivity contribution >= 4 is 0 Å². The van der Waals surface area contributed by atoms with Gasteiger partial charge in [0.05, 0.1) is 11.7 Å². The molecule has 0 saturated heterocycles. The molecular formula is C17H26N4. The number of aryl methyl sites for hydroxylation is 1. The first-order valence-electron chi connectivity index (χ1n) is 7.87. The lowest BCUT2D eigenvalue weighted by molar-refractivity contribution is 0.334. The fourth-order valence-electron chi connectivity index (χ4n) is 3.25. The number of hydrogen-bond donors (Lipinski definition) is 1. The van der Waals surface area contributed by atoms with Crippen molar-refractivity contribution < 1.29 is 0 Å². The van der Waals surface area contributed by atoms with Crippen molar-refractivity contribution in [3.05, 3.63) is 41.5 Å². The lowest BCUT2D eigenvalue weighted by Gasteiger charge is -2.28. The Labute approximate surface area is 127 Å². The van der Waals surface area contributed by atoms with Crippen LogP contribution in [0, 0.1) is 0 Å². The van der Waals surface area contributed by atoms with Gasteiger partial charge in [-0.05, 0) is 52.2 Å². The fourth-order valence-corrected chi connectivity index (χ4v) is 3.25. The zero-order valence-electron chi connectivity index (χ0n) is 13.6. The first kappa shape index (κ1) is 14.4. The van der Waals surface area contributed by atoms with Crippen molar-refractivity contribution in [3.63, 3.8) is 0 Å². The highest BCUT2D eigenvalue weighted by Crippen LogP contribution is 2.32. The van der Waals surface area contributed by atoms with Gasteiger partial charge in [0.2, 0.25) is 0 Å². The predicted octanol–water partition coefficient (Wildman–Crippen LogP) is 3.14. The predicted molar refractivity (Wildman–Crippen MR) is 85.2 cm³/mol. The van der Waals surface area contributed by atoms with Crippen LogP contribution in [0.5, 0.6) is 0 Å². The Morgan fingerprint density at radius 1 is 1.38 bits per heavy atom. The van der Waals surface area contributed by atoms with Crippen LogP contribution >= 0.6 is 0 Å². The maximum atomic E-state index is 4.65. The van der Waals surface area contributed by atoms with E-state index in [1.807, 2.05) is 0 Å². The highest BCUT2D eigenvalue weighted by Gasteiger charge is 2.27. The molecule has 0 radical (unpaired) electrons. The van der Waals surface area contributed by atoms with Gasteiger partial charge in [0, 0.05) is 42.8 Å². The maximum absolute atomic E-state index is 4.65. The van der Waals surface area contributed by atoms with Gasteiger partial charge in [-0.3, -0.25) is 4.68 Å². The van der Waals surface area contributed by atoms with Crippen LogP contribution < -0.4 is 5.32 Å². The Morgan fingerprint density at radius 2 is 2.19 bits per heavy atom. The van der Waals surface area contributed by atoms with Crippen molar-refractivity contribution in [1.29, 1.82) is 0 Å². The second-order valence-corrected chi connectivity index (χ2v) is 7.07. The number of rotatable bonds is 3. The van der Waals surface area contributed by atoms with Crippen LogP contribution in [0.1, 0.15) is 56.6 Å². The van der Waals surface area contributed by atoms with Crippen molar-refractivity contribution in [2.24, 2.45) is 7.05 Å². The molecule has 0 fully saturated rings. The van der Waals surface area contributed by atoms with Gasteiger partial charge in [0.1, 0.15) is 0 Å². The summed E-state index contributed by atoms with van der Waals surface area (Å²) in [5.41, 5.74) is 4.20. The van der Waals surface area contributed by atoms with Crippen LogP contribution in [0.3, 0.4) is 0 Å². The van der Waals surface area contributed by atoms with Gasteiger partial charge in [0.15, 0.2) is 0 Å². The minimum absolute atomic E-state index is 0.0631. The van der Waals surface area contributed by atoms with E-state index >= 15 is 0 Å². The molecule has 1 atom stereocenters. The molecule has 0 spiro atoms. The van der Waals surface area contributed by atoms with E-state index in [9.17, 15) is 0 Å². The second-order valence-electron chi connectivity index (χ2n) is 7.07. The molecule has 2 heterocycles. The molecule has 1 aliphatic carbocycles. The van der Waals surface area contributed by atoms with Crippen LogP contribution in [-0.2, 0) is 25.6 Å². The molecule has 3 rings (SSSR count). The Hall–Kier alpha value is -1.55. The zero-order chi connectivity index (χ0) is 15.0. The summed E-state index contributed by atoms with van der Waals surface area (Å²) >= 11 is 0. The molecule has 0 aromatic carbocycles. The molecule has 4 heteroatoms. The average molecular weight is 286 g/mol. The third-order valence-electron chi connectivity index (χ3n) is 4.40. The number of nitrogens with zero attached hydrogens (tertiary/aromatic N) is 3. The van der Waals surface area contributed by atoms with E-state index in [1.165, 1.54) is 29.8 Å². The van der Waals surface area contributed by atoms with E-state index in [2.05, 4.69) is 72.0 Å². The molecule has 0 amide bonds. The Kier molecular flexibility index (Phi) is 3.66. The lowest BCUT2D eigenvalue weighted by atomic mass is 9.92. The molecule has 2 aromatic rings. The number of hydrogen-bond acceptors (Lipinski definition) is 2. The highest BCUT2D eigenvalue weighted by atomic mass is 15.3. The second kappa shape index (κ2) is 5.34. The standard InChI is InChI=1S/C17H26N4/c1-17(2,3)21-16-9-5-8-15(14(16)12-19-21)18-11-13-7-6-10-20(13)4/h6-7,10,12,15,18H,5,8-9,11H2,1-4H3/t15-/m0/s1. The Morgan fingerprint density at radius 3 is 2.86 bits per heavy atom. The molecular weight excluding hydrogens is 260 g/mol. The largest absolute Gasteiger partial charge is 0.353 e. The van der Waals surface area contributed by atoms with E-state index < -0.39 is 0 Å². The van der Waals surface area contributed by atoms with Gasteiger partial charge in [-0.15, -0.1) is 0 Å². The van der Waals surface area contributed by atoms with Crippen LogP contribution in [0.2, 0.25) is 0 Å². The summed E-state index contributed by atoms with van der Waals surface area (Å²) in [5, 5.41) is 8.36. The van der Waals surface area contributed by atoms with Gasteiger partial charge in [-0.2, -0.15) is 5.10 Å². The minimum atomic E-state index is 0.0631. The van der Waals surface area contributed by atoms with E-state index in [1.54, 1.807) is 0 Å². The average Bonchev–Trinajstić information content (AvgIpc) is 3.02. The van der Waals surface area contributed by atoms with E-state index in [-0.39, 0.29) is 5.54 Å². The van der Waals surface area contributed by atoms with Gasteiger partial charge in [0.25, 0.3) is 0 Å². The summed E-state index contributed by atoms with van der Waals surface area (Å²) in [4.78, 5) is 0. The van der Waals surface area contributed by atoms with E-state index in [0.29, 0.717) is 6.04 Å². The van der Waals surface area contributed by atoms with Crippen LogP contribution in [0.15, 0.2) is 24.5 Å². The summed E-state index contributed by atoms with van der Waals surface area (Å²) in [6.07, 6.45) is 7.76. The molecule has 4 nitrogen and oxygen atoms in total. The van der Waals surface area contributed by atoms with Gasteiger partial charge < -0.3 is 9.88 Å². The van der Waals surface area contributed by atoms with Crippen molar-refractivity contribution in [2.45, 2.75) is 58.2 Å². The van der Waals surface area contributed by atoms with E-state index in [0.717, 1.165) is 13.0 Å². The zero-order valence-corrected chi connectivity index (χ0v) is 13.6. The molecule has 0 saturated carbocycles. The molecule has 114 valence electrons. The van der Waals surface area contributed by atoms with Crippen LogP contribution in [0.25, 0.3) is 0 Å². The van der Waals surface area contributed by atoms with Gasteiger partial charge in [-0.25, -0.2) is 0 Å². The number of fused-ring (bicyclic) bond motifs is 1. The fraction of sp³-hybridized carbons (Fsp3) is 0.588. The minimum Gasteiger partial charge on any atom is -0.353 e. The number of aromatic nitrogens is 3. The van der Waals surface area contributed by atoms with Crippen molar-refractivity contribution in [3.8, 4) is 0 Å². The SMILES string of the molecule is Cn1cccc1CN[C@H]1CCCc2c1cnn2C(C)(C)C. The third-order valence-corrected chi connectivity index (χ3v) is 4.40. The van der Waals surface area contributed by atoms with Crippen LogP contribution in [0.4, 0.5) is 0 Å². The molecule has 2 aromatic heterocycles. The Bertz CT molecular complexity index is 615. The topological polar surface area (TPSA) is 34.8 Å². The quantitative estimate of drug-likeness (QED) is 0.940. The summed E-state index contributed by atoms with van der Waals surface area (Å²) < 4.78 is 4.38. The smallest absolute Gasteiger partial charge is 0.0546 e. The lowest BCUT2D eigenvalue weighted by Crippen LogP contribution is -2.29. The first-order chi connectivity index (χ1) is 9.97. The van der Waals surface area contributed by atoms with Gasteiger partial charge in [-0.1, -0.05) is 0 Å². The highest BCUT2D eigenvalue weighted by molar-refractivity contribution is 5.26. The van der Waals surface area contributed by atoms with Gasteiger partial charge >= 0.3 is 0 Å². The van der Waals surface area contributed by atoms with Crippen LogP contribution in [-0.4, -0.2) is 14.3 Å². The molecule has 0 bridgehead atoms. The number of nitrogens with one attached hydrogen (secondary N) is 1. The summed E-state index contributed by atoms with van der Waals surface area (Å²) in [5.74, 6) is 0. The summed E-state index contributed by atoms with van der Waals surface area (Å²) in [7, 11) is 2.10. The molecule has 0 aliphatic heterocycles. The monoisotopic (exact) mass is 286 g/mol. The van der Waals surface area contributed by atoms with Crippen molar-refractivity contribution in [1.82, 2.24) is 19.7 Å².